The molecule has 114 valence electrons. The molecule has 2 aliphatic rings. The molecule has 2 N–H and O–H groups in total. The van der Waals surface area contributed by atoms with Crippen LogP contribution in [0.25, 0.3) is 0 Å². The number of rotatable bonds is 3. The second-order valence-electron chi connectivity index (χ2n) is 5.68. The van der Waals surface area contributed by atoms with Crippen LogP contribution in [0.4, 0.5) is 0 Å². The van der Waals surface area contributed by atoms with E-state index in [2.05, 4.69) is 5.32 Å². The zero-order valence-electron chi connectivity index (χ0n) is 11.8. The number of thiophene rings is 1. The van der Waals surface area contributed by atoms with Gasteiger partial charge in [-0.05, 0) is 37.3 Å². The van der Waals surface area contributed by atoms with Gasteiger partial charge in [0, 0.05) is 4.88 Å². The van der Waals surface area contributed by atoms with Crippen molar-refractivity contribution in [3.63, 3.8) is 0 Å². The van der Waals surface area contributed by atoms with Crippen LogP contribution < -0.4 is 5.32 Å². The number of aryl methyl sites for hydroxylation is 2. The third-order valence-electron chi connectivity index (χ3n) is 4.18. The first-order valence-electron chi connectivity index (χ1n) is 7.38. The largest absolute Gasteiger partial charge is 0.481 e. The van der Waals surface area contributed by atoms with Gasteiger partial charge in [0.05, 0.1) is 24.1 Å². The van der Waals surface area contributed by atoms with E-state index in [1.165, 1.54) is 29.7 Å². The highest BCUT2D eigenvalue weighted by Gasteiger charge is 2.35. The maximum absolute atomic E-state index is 12.3. The van der Waals surface area contributed by atoms with E-state index in [4.69, 9.17) is 9.84 Å². The Bertz CT molecular complexity index is 530. The molecule has 0 saturated carbocycles. The van der Waals surface area contributed by atoms with Gasteiger partial charge in [0.2, 0.25) is 0 Å². The number of hydrogen-bond donors (Lipinski definition) is 2. The van der Waals surface area contributed by atoms with E-state index in [9.17, 15) is 9.59 Å². The molecule has 1 aromatic heterocycles. The van der Waals surface area contributed by atoms with Crippen LogP contribution in [0.3, 0.4) is 0 Å². The molecule has 1 aliphatic heterocycles. The van der Waals surface area contributed by atoms with Gasteiger partial charge in [-0.25, -0.2) is 0 Å². The average Bonchev–Trinajstić information content (AvgIpc) is 3.01. The Morgan fingerprint density at radius 2 is 2.05 bits per heavy atom. The van der Waals surface area contributed by atoms with E-state index < -0.39 is 17.9 Å². The molecule has 0 spiro atoms. The highest BCUT2D eigenvalue weighted by atomic mass is 32.1. The van der Waals surface area contributed by atoms with Gasteiger partial charge in [0.25, 0.3) is 5.91 Å². The van der Waals surface area contributed by atoms with E-state index in [1.807, 2.05) is 6.07 Å². The Morgan fingerprint density at radius 3 is 2.86 bits per heavy atom. The van der Waals surface area contributed by atoms with E-state index in [0.717, 1.165) is 12.8 Å². The lowest BCUT2D eigenvalue weighted by Crippen LogP contribution is -2.42. The molecule has 2 atom stereocenters. The zero-order valence-corrected chi connectivity index (χ0v) is 12.6. The van der Waals surface area contributed by atoms with Crippen LogP contribution in [0, 0.1) is 5.92 Å². The minimum Gasteiger partial charge on any atom is -0.481 e. The third kappa shape index (κ3) is 3.11. The Hall–Kier alpha value is -1.40. The summed E-state index contributed by atoms with van der Waals surface area (Å²) in [5.74, 6) is -1.73. The number of carboxylic acids is 1. The maximum atomic E-state index is 12.3. The lowest BCUT2D eigenvalue weighted by molar-refractivity contribution is -0.142. The summed E-state index contributed by atoms with van der Waals surface area (Å²) < 4.78 is 5.17. The van der Waals surface area contributed by atoms with Gasteiger partial charge in [-0.3, -0.25) is 9.59 Å². The molecule has 1 amide bonds. The molecule has 0 radical (unpaired) electrons. The quantitative estimate of drug-likeness (QED) is 0.836. The monoisotopic (exact) mass is 309 g/mol. The summed E-state index contributed by atoms with van der Waals surface area (Å²) in [6, 6.07) is 1.54. The molecule has 5 nitrogen and oxygen atoms in total. The molecule has 1 aliphatic carbocycles. The first kappa shape index (κ1) is 14.5. The van der Waals surface area contributed by atoms with Crippen molar-refractivity contribution in [3.8, 4) is 0 Å². The average molecular weight is 309 g/mol. The molecule has 2 unspecified atom stereocenters. The highest BCUT2D eigenvalue weighted by Crippen LogP contribution is 2.29. The number of hydrogen-bond acceptors (Lipinski definition) is 4. The van der Waals surface area contributed by atoms with Gasteiger partial charge in [0.1, 0.15) is 5.92 Å². The SMILES string of the molecule is O=C(NC1COCC1C(=O)O)c1cc2c(s1)CCCCC2. The molecule has 21 heavy (non-hydrogen) atoms. The molecule has 1 saturated heterocycles. The lowest BCUT2D eigenvalue weighted by atomic mass is 10.0. The minimum atomic E-state index is -0.917. The standard InChI is InChI=1S/C15H19NO4S/c17-14(16-11-8-20-7-10(11)15(18)19)13-6-9-4-2-1-3-5-12(9)21-13/h6,10-11H,1-5,7-8H2,(H,16,17)(H,18,19). The Morgan fingerprint density at radius 1 is 1.24 bits per heavy atom. The molecule has 6 heteroatoms. The van der Waals surface area contributed by atoms with Crippen molar-refractivity contribution in [2.45, 2.75) is 38.1 Å². The molecule has 0 aromatic carbocycles. The van der Waals surface area contributed by atoms with E-state index in [-0.39, 0.29) is 19.1 Å². The molecule has 0 bridgehead atoms. The van der Waals surface area contributed by atoms with Gasteiger partial charge < -0.3 is 15.2 Å². The van der Waals surface area contributed by atoms with Gasteiger partial charge in [-0.1, -0.05) is 6.42 Å². The number of amides is 1. The van der Waals surface area contributed by atoms with Crippen LogP contribution in [0.2, 0.25) is 0 Å². The summed E-state index contributed by atoms with van der Waals surface area (Å²) in [4.78, 5) is 25.4. The van der Waals surface area contributed by atoms with E-state index >= 15 is 0 Å². The van der Waals surface area contributed by atoms with E-state index in [0.29, 0.717) is 4.88 Å². The third-order valence-corrected chi connectivity index (χ3v) is 5.42. The number of fused-ring (bicyclic) bond motifs is 1. The van der Waals surface area contributed by atoms with Gasteiger partial charge in [-0.15, -0.1) is 11.3 Å². The number of carbonyl (C=O) groups excluding carboxylic acids is 1. The van der Waals surface area contributed by atoms with Gasteiger partial charge >= 0.3 is 5.97 Å². The number of carbonyl (C=O) groups is 2. The Labute approximate surface area is 127 Å². The highest BCUT2D eigenvalue weighted by molar-refractivity contribution is 7.14. The lowest BCUT2D eigenvalue weighted by Gasteiger charge is -2.14. The molecule has 1 aromatic rings. The fourth-order valence-corrected chi connectivity index (χ4v) is 4.12. The first-order valence-corrected chi connectivity index (χ1v) is 8.20. The minimum absolute atomic E-state index is 0.168. The van der Waals surface area contributed by atoms with Crippen LogP contribution in [0.1, 0.15) is 39.4 Å². The number of aliphatic carboxylic acids is 1. The van der Waals surface area contributed by atoms with Crippen molar-refractivity contribution in [1.29, 1.82) is 0 Å². The maximum Gasteiger partial charge on any atom is 0.311 e. The topological polar surface area (TPSA) is 75.6 Å². The fraction of sp³-hybridized carbons (Fsp3) is 0.600. The number of ether oxygens (including phenoxy) is 1. The fourth-order valence-electron chi connectivity index (χ4n) is 2.96. The van der Waals surface area contributed by atoms with Gasteiger partial charge in [0.15, 0.2) is 0 Å². The van der Waals surface area contributed by atoms with Crippen molar-refractivity contribution < 1.29 is 19.4 Å². The van der Waals surface area contributed by atoms with Crippen molar-refractivity contribution in [2.24, 2.45) is 5.92 Å². The summed E-state index contributed by atoms with van der Waals surface area (Å²) in [5, 5.41) is 11.9. The molecular weight excluding hydrogens is 290 g/mol. The summed E-state index contributed by atoms with van der Waals surface area (Å²) in [6.07, 6.45) is 5.72. The van der Waals surface area contributed by atoms with Crippen molar-refractivity contribution >= 4 is 23.2 Å². The van der Waals surface area contributed by atoms with Crippen molar-refractivity contribution in [2.75, 3.05) is 13.2 Å². The zero-order chi connectivity index (χ0) is 14.8. The normalized spacial score (nSPS) is 25.1. The smallest absolute Gasteiger partial charge is 0.311 e. The first-order chi connectivity index (χ1) is 10.1. The Balaban J connectivity index is 1.69. The second-order valence-corrected chi connectivity index (χ2v) is 6.82. The Kier molecular flexibility index (Phi) is 4.26. The van der Waals surface area contributed by atoms with Crippen molar-refractivity contribution in [3.05, 3.63) is 21.4 Å². The molecule has 3 rings (SSSR count). The molecule has 1 fully saturated rings. The van der Waals surface area contributed by atoms with Crippen LogP contribution in [-0.2, 0) is 22.4 Å². The summed E-state index contributed by atoms with van der Waals surface area (Å²) in [5.41, 5.74) is 1.29. The number of nitrogens with one attached hydrogen (secondary N) is 1. The van der Waals surface area contributed by atoms with Gasteiger partial charge in [-0.2, -0.15) is 0 Å². The van der Waals surface area contributed by atoms with Crippen molar-refractivity contribution in [1.82, 2.24) is 5.32 Å². The van der Waals surface area contributed by atoms with E-state index in [1.54, 1.807) is 11.3 Å². The predicted molar refractivity (Wildman–Crippen MR) is 78.8 cm³/mol. The predicted octanol–water partition coefficient (Wildman–Crippen LogP) is 1.85. The molecule has 2 heterocycles. The summed E-state index contributed by atoms with van der Waals surface area (Å²) in [7, 11) is 0. The second kappa shape index (κ2) is 6.15. The molecular formula is C15H19NO4S. The van der Waals surface area contributed by atoms with Crippen LogP contribution >= 0.6 is 11.3 Å². The van der Waals surface area contributed by atoms with Crippen LogP contribution in [-0.4, -0.2) is 36.2 Å². The van der Waals surface area contributed by atoms with Crippen LogP contribution in [0.5, 0.6) is 0 Å². The summed E-state index contributed by atoms with van der Waals surface area (Å²) in [6.45, 7) is 0.440. The number of carboxylic acid groups (broad SMARTS) is 1. The van der Waals surface area contributed by atoms with Crippen LogP contribution in [0.15, 0.2) is 6.07 Å². The summed E-state index contributed by atoms with van der Waals surface area (Å²) >= 11 is 1.55.